The molecule has 0 saturated heterocycles. The molecule has 0 unspecified atom stereocenters. The largest absolute Gasteiger partial charge is 0.508 e. The molecule has 0 aliphatic carbocycles. The monoisotopic (exact) mass is 525 g/mol. The molecule has 12 heteroatoms. The van der Waals surface area contributed by atoms with Crippen molar-refractivity contribution in [3.05, 3.63) is 59.2 Å². The van der Waals surface area contributed by atoms with Crippen molar-refractivity contribution in [3.8, 4) is 11.5 Å². The summed E-state index contributed by atoms with van der Waals surface area (Å²) in [6.45, 7) is -1.28. The molecular weight excluding hydrogens is 493 g/mol. The smallest absolute Gasteiger partial charge is 0.396 e. The number of aliphatic hydroxyl groups is 3. The maximum Gasteiger partial charge on any atom is 0.396 e. The Morgan fingerprint density at radius 2 is 1.56 bits per heavy atom. The number of amides is 1. The molecule has 0 radical (unpaired) electrons. The average Bonchev–Trinajstić information content (AvgIpc) is 2.86. The number of phenolic OH excluding ortho intramolecular Hbond substituents is 1. The molecule has 36 heavy (non-hydrogen) atoms. The lowest BCUT2D eigenvalue weighted by Crippen LogP contribution is -2.57. The van der Waals surface area contributed by atoms with Crippen LogP contribution in [0.25, 0.3) is 0 Å². The van der Waals surface area contributed by atoms with Crippen LogP contribution in [0.5, 0.6) is 11.5 Å². The second-order valence-electron chi connectivity index (χ2n) is 8.48. The third kappa shape index (κ3) is 8.70. The van der Waals surface area contributed by atoms with Gasteiger partial charge in [0.1, 0.15) is 17.0 Å². The molecule has 0 aliphatic rings. The van der Waals surface area contributed by atoms with Crippen LogP contribution in [-0.2, 0) is 15.8 Å². The molecule has 11 nitrogen and oxygen atoms in total. The van der Waals surface area contributed by atoms with E-state index in [2.05, 4.69) is 5.32 Å². The van der Waals surface area contributed by atoms with Gasteiger partial charge in [-0.2, -0.15) is 0 Å². The summed E-state index contributed by atoms with van der Waals surface area (Å²) in [5.41, 5.74) is -1.77. The number of ether oxygens (including phenoxy) is 1. The van der Waals surface area contributed by atoms with E-state index in [1.807, 2.05) is 0 Å². The zero-order chi connectivity index (χ0) is 26.8. The molecule has 0 fully saturated rings. The number of nitrogens with one attached hydrogen (secondary N) is 1. The van der Waals surface area contributed by atoms with Crippen LogP contribution in [0.1, 0.15) is 47.2 Å². The van der Waals surface area contributed by atoms with Gasteiger partial charge in [-0.3, -0.25) is 14.2 Å². The van der Waals surface area contributed by atoms with Gasteiger partial charge in [-0.15, -0.1) is 0 Å². The standard InChI is InChI=1S/C24H32NO10P/c26-14-24(15-27,16-28)25-22(30)4-2-1-3-11-35-20-8-5-17(6-9-20)12-19-13-18(7-10-21(19)29)23(31)36(32,33)34/h5-10,13,26-29H,1-4,11-12,14-16H2,(H,25,30)(H2,32,33,34). The van der Waals surface area contributed by atoms with E-state index in [1.165, 1.54) is 12.1 Å². The molecule has 2 rings (SSSR count). The predicted octanol–water partition coefficient (Wildman–Crippen LogP) is 1.07. The Morgan fingerprint density at radius 3 is 2.14 bits per heavy atom. The zero-order valence-corrected chi connectivity index (χ0v) is 20.6. The molecule has 0 saturated carbocycles. The first kappa shape index (κ1) is 29.4. The number of phenols is 1. The third-order valence-electron chi connectivity index (χ3n) is 5.54. The summed E-state index contributed by atoms with van der Waals surface area (Å²) < 4.78 is 16.9. The topological polar surface area (TPSA) is 194 Å². The predicted molar refractivity (Wildman–Crippen MR) is 130 cm³/mol. The lowest BCUT2D eigenvalue weighted by molar-refractivity contribution is -0.125. The zero-order valence-electron chi connectivity index (χ0n) is 19.7. The van der Waals surface area contributed by atoms with Crippen LogP contribution in [0.4, 0.5) is 0 Å². The van der Waals surface area contributed by atoms with Crippen molar-refractivity contribution in [2.75, 3.05) is 26.4 Å². The average molecular weight is 525 g/mol. The van der Waals surface area contributed by atoms with E-state index < -0.39 is 38.5 Å². The van der Waals surface area contributed by atoms with Crippen molar-refractivity contribution < 1.29 is 49.1 Å². The summed E-state index contributed by atoms with van der Waals surface area (Å²) >= 11 is 0. The summed E-state index contributed by atoms with van der Waals surface area (Å²) in [7, 11) is -4.92. The lowest BCUT2D eigenvalue weighted by atomic mass is 10.0. The van der Waals surface area contributed by atoms with Gasteiger partial charge < -0.3 is 40.3 Å². The quantitative estimate of drug-likeness (QED) is 0.131. The Hall–Kier alpha value is -2.79. The van der Waals surface area contributed by atoms with Crippen LogP contribution in [0.2, 0.25) is 0 Å². The number of carbonyl (C=O) groups is 2. The van der Waals surface area contributed by atoms with E-state index in [-0.39, 0.29) is 30.1 Å². The van der Waals surface area contributed by atoms with Crippen LogP contribution >= 0.6 is 7.60 Å². The molecule has 0 aromatic heterocycles. The van der Waals surface area contributed by atoms with E-state index in [0.717, 1.165) is 11.6 Å². The summed E-state index contributed by atoms with van der Waals surface area (Å²) in [4.78, 5) is 41.9. The minimum Gasteiger partial charge on any atom is -0.508 e. The molecule has 0 bridgehead atoms. The SMILES string of the molecule is O=C(CCCCCOc1ccc(Cc2cc(C(=O)P(=O)(O)O)ccc2O)cc1)NC(CO)(CO)CO. The second kappa shape index (κ2) is 13.5. The van der Waals surface area contributed by atoms with E-state index in [4.69, 9.17) is 14.5 Å². The van der Waals surface area contributed by atoms with E-state index in [1.54, 1.807) is 24.3 Å². The van der Waals surface area contributed by atoms with Crippen molar-refractivity contribution in [2.24, 2.45) is 0 Å². The molecule has 0 spiro atoms. The molecule has 7 N–H and O–H groups in total. The van der Waals surface area contributed by atoms with Gasteiger partial charge in [-0.05, 0) is 60.7 Å². The Labute approximate surface area is 208 Å². The van der Waals surface area contributed by atoms with Crippen LogP contribution in [0.3, 0.4) is 0 Å². The van der Waals surface area contributed by atoms with Gasteiger partial charge in [-0.25, -0.2) is 0 Å². The van der Waals surface area contributed by atoms with Gasteiger partial charge in [0.05, 0.1) is 26.4 Å². The Balaban J connectivity index is 1.78. The summed E-state index contributed by atoms with van der Waals surface area (Å²) in [6.07, 6.45) is 2.39. The first-order valence-electron chi connectivity index (χ1n) is 11.3. The van der Waals surface area contributed by atoms with Crippen molar-refractivity contribution in [3.63, 3.8) is 0 Å². The molecule has 0 atom stereocenters. The highest BCUT2D eigenvalue weighted by Crippen LogP contribution is 2.39. The highest BCUT2D eigenvalue weighted by atomic mass is 31.2. The van der Waals surface area contributed by atoms with E-state index >= 15 is 0 Å². The third-order valence-corrected chi connectivity index (χ3v) is 6.33. The van der Waals surface area contributed by atoms with Crippen molar-refractivity contribution in [2.45, 2.75) is 37.6 Å². The minimum absolute atomic E-state index is 0.0963. The van der Waals surface area contributed by atoms with Gasteiger partial charge in [-0.1, -0.05) is 12.1 Å². The molecule has 1 amide bonds. The number of aliphatic hydroxyl groups excluding tert-OH is 3. The molecule has 2 aromatic rings. The van der Waals surface area contributed by atoms with Crippen LogP contribution in [-0.4, -0.2) is 73.6 Å². The highest BCUT2D eigenvalue weighted by molar-refractivity contribution is 7.70. The molecule has 0 heterocycles. The summed E-state index contributed by atoms with van der Waals surface area (Å²) in [6, 6.07) is 10.7. The van der Waals surface area contributed by atoms with Gasteiger partial charge in [0, 0.05) is 18.4 Å². The molecular formula is C24H32NO10P. The number of carbonyl (C=O) groups excluding carboxylic acids is 2. The fourth-order valence-electron chi connectivity index (χ4n) is 3.33. The molecule has 198 valence electrons. The normalized spacial score (nSPS) is 11.8. The first-order chi connectivity index (χ1) is 17.0. The van der Waals surface area contributed by atoms with Crippen LogP contribution in [0.15, 0.2) is 42.5 Å². The van der Waals surface area contributed by atoms with Crippen LogP contribution < -0.4 is 10.1 Å². The number of unbranched alkanes of at least 4 members (excludes halogenated alkanes) is 2. The number of benzene rings is 2. The fourth-order valence-corrected chi connectivity index (χ4v) is 3.81. The fraction of sp³-hybridized carbons (Fsp3) is 0.417. The van der Waals surface area contributed by atoms with Gasteiger partial charge >= 0.3 is 7.60 Å². The Kier molecular flexibility index (Phi) is 11.0. The van der Waals surface area contributed by atoms with E-state index in [0.29, 0.717) is 37.2 Å². The highest BCUT2D eigenvalue weighted by Gasteiger charge is 2.29. The number of hydrogen-bond donors (Lipinski definition) is 7. The Bertz CT molecular complexity index is 1050. The van der Waals surface area contributed by atoms with Crippen molar-refractivity contribution in [1.29, 1.82) is 0 Å². The Morgan fingerprint density at radius 1 is 0.917 bits per heavy atom. The number of aromatic hydroxyl groups is 1. The van der Waals surface area contributed by atoms with Crippen LogP contribution in [0, 0.1) is 0 Å². The van der Waals surface area contributed by atoms with Crippen molar-refractivity contribution in [1.82, 2.24) is 5.32 Å². The van der Waals surface area contributed by atoms with E-state index in [9.17, 15) is 34.6 Å². The number of hydrogen-bond acceptors (Lipinski definition) is 8. The van der Waals surface area contributed by atoms with Crippen molar-refractivity contribution >= 4 is 19.0 Å². The maximum atomic E-state index is 11.9. The summed E-state index contributed by atoms with van der Waals surface area (Å²) in [5.74, 6) is 0.150. The maximum absolute atomic E-state index is 11.9. The summed E-state index contributed by atoms with van der Waals surface area (Å²) in [5, 5.41) is 40.2. The first-order valence-corrected chi connectivity index (χ1v) is 12.9. The van der Waals surface area contributed by atoms with Gasteiger partial charge in [0.15, 0.2) is 0 Å². The van der Waals surface area contributed by atoms with Gasteiger partial charge in [0.25, 0.3) is 5.52 Å². The van der Waals surface area contributed by atoms with Gasteiger partial charge in [0.2, 0.25) is 5.91 Å². The molecule has 0 aliphatic heterocycles. The number of rotatable bonds is 15. The lowest BCUT2D eigenvalue weighted by Gasteiger charge is -2.28. The molecule has 2 aromatic carbocycles. The minimum atomic E-state index is -4.92. The second-order valence-corrected chi connectivity index (χ2v) is 9.97.